The number of anilines is 1. The minimum absolute atomic E-state index is 0.0241. The molecule has 2 aromatic rings. The van der Waals surface area contributed by atoms with Gasteiger partial charge >= 0.3 is 0 Å². The van der Waals surface area contributed by atoms with E-state index in [4.69, 9.17) is 16.3 Å². The van der Waals surface area contributed by atoms with Gasteiger partial charge in [0.15, 0.2) is 10.9 Å². The van der Waals surface area contributed by atoms with Crippen LogP contribution in [0.1, 0.15) is 6.92 Å². The van der Waals surface area contributed by atoms with Crippen molar-refractivity contribution in [1.29, 1.82) is 0 Å². The lowest BCUT2D eigenvalue weighted by Crippen LogP contribution is -2.54. The van der Waals surface area contributed by atoms with Crippen molar-refractivity contribution in [3.05, 3.63) is 45.8 Å². The summed E-state index contributed by atoms with van der Waals surface area (Å²) in [6.07, 6.45) is 0. The molecule has 3 N–H and O–H groups in total. The van der Waals surface area contributed by atoms with Gasteiger partial charge in [0.25, 0.3) is 0 Å². The zero-order chi connectivity index (χ0) is 21.7. The minimum atomic E-state index is -0.922. The summed E-state index contributed by atoms with van der Waals surface area (Å²) >= 11 is 7.59. The summed E-state index contributed by atoms with van der Waals surface area (Å²) in [4.78, 5) is 33.4. The zero-order valence-electron chi connectivity index (χ0n) is 16.7. The second-order valence-corrected chi connectivity index (χ2v) is 9.64. The molecule has 2 saturated heterocycles. The predicted molar refractivity (Wildman–Crippen MR) is 116 cm³/mol. The Balaban J connectivity index is 1.42. The fraction of sp³-hybridized carbons (Fsp3) is 0.381. The largest absolute Gasteiger partial charge is 0.396 e. The van der Waals surface area contributed by atoms with Crippen molar-refractivity contribution in [3.8, 4) is 0 Å². The SMILES string of the molecule is COC12C(CO)C3=C(C(=O)C(C)=C(Nc4nc5c(Cl)cccc5s4)C3=O)N1CC1NC12. The van der Waals surface area contributed by atoms with Gasteiger partial charge in [-0.05, 0) is 19.1 Å². The lowest BCUT2D eigenvalue weighted by molar-refractivity contribution is -0.137. The van der Waals surface area contributed by atoms with Gasteiger partial charge in [0.05, 0.1) is 39.7 Å². The molecular formula is C21H19ClN4O4S. The molecular weight excluding hydrogens is 440 g/mol. The molecule has 0 amide bonds. The van der Waals surface area contributed by atoms with Crippen molar-refractivity contribution >= 4 is 49.9 Å². The molecule has 10 heteroatoms. The third-order valence-corrected chi connectivity index (χ3v) is 8.06. The van der Waals surface area contributed by atoms with Crippen molar-refractivity contribution < 1.29 is 19.4 Å². The number of thiazole rings is 1. The lowest BCUT2D eigenvalue weighted by Gasteiger charge is -2.39. The lowest BCUT2D eigenvalue weighted by atomic mass is 9.82. The van der Waals surface area contributed by atoms with Crippen molar-refractivity contribution in [2.75, 3.05) is 25.6 Å². The third-order valence-electron chi connectivity index (χ3n) is 6.82. The molecule has 3 aliphatic heterocycles. The number of aromatic nitrogens is 1. The van der Waals surface area contributed by atoms with Gasteiger partial charge in [-0.2, -0.15) is 0 Å². The van der Waals surface area contributed by atoms with Gasteiger partial charge in [0.1, 0.15) is 5.52 Å². The third kappa shape index (κ3) is 2.33. The average molecular weight is 459 g/mol. The molecule has 31 heavy (non-hydrogen) atoms. The van der Waals surface area contributed by atoms with Gasteiger partial charge in [0, 0.05) is 30.8 Å². The normalized spacial score (nSPS) is 31.5. The Labute approximate surface area is 186 Å². The Kier molecular flexibility index (Phi) is 3.98. The molecule has 0 radical (unpaired) electrons. The van der Waals surface area contributed by atoms with E-state index in [1.165, 1.54) is 11.3 Å². The monoisotopic (exact) mass is 458 g/mol. The molecule has 4 unspecified atom stereocenters. The number of Topliss-reactive ketones (excluding diaryl/α,β-unsaturated/α-hetero) is 2. The minimum Gasteiger partial charge on any atom is -0.396 e. The van der Waals surface area contributed by atoms with Crippen molar-refractivity contribution in [1.82, 2.24) is 15.2 Å². The first-order valence-electron chi connectivity index (χ1n) is 9.98. The number of carbonyl (C=O) groups excluding carboxylic acids is 2. The van der Waals surface area contributed by atoms with Crippen LogP contribution in [-0.4, -0.2) is 64.6 Å². The highest BCUT2D eigenvalue weighted by atomic mass is 35.5. The summed E-state index contributed by atoms with van der Waals surface area (Å²) in [6, 6.07) is 5.66. The molecule has 0 saturated carbocycles. The number of ketones is 2. The maximum absolute atomic E-state index is 13.6. The van der Waals surface area contributed by atoms with Gasteiger partial charge in [-0.25, -0.2) is 4.98 Å². The average Bonchev–Trinajstić information content (AvgIpc) is 3.16. The first-order chi connectivity index (χ1) is 14.9. The number of ether oxygens (including phenoxy) is 1. The standard InChI is InChI=1S/C21H19ClN4O4S/c1-8-14(24-20-25-15-10(22)4-3-5-12(15)31-20)18(29)13-9(7-27)21(30-2)19-11(23-19)6-26(21)16(13)17(8)28/h3-5,9,11,19,23,27H,6-7H2,1-2H3,(H,24,25). The van der Waals surface area contributed by atoms with E-state index in [9.17, 15) is 14.7 Å². The van der Waals surface area contributed by atoms with Gasteiger partial charge < -0.3 is 25.4 Å². The quantitative estimate of drug-likeness (QED) is 0.468. The number of allylic oxidation sites excluding steroid dienone is 2. The topological polar surface area (TPSA) is 114 Å². The molecule has 1 aromatic carbocycles. The van der Waals surface area contributed by atoms with Crippen LogP contribution >= 0.6 is 22.9 Å². The number of piperazine rings is 1. The number of methoxy groups -OCH3 is 1. The molecule has 4 aliphatic rings. The smallest absolute Gasteiger partial charge is 0.208 e. The van der Waals surface area contributed by atoms with Crippen LogP contribution in [0.4, 0.5) is 5.13 Å². The van der Waals surface area contributed by atoms with Crippen LogP contribution < -0.4 is 10.6 Å². The van der Waals surface area contributed by atoms with Crippen LogP contribution in [0.5, 0.6) is 0 Å². The van der Waals surface area contributed by atoms with E-state index >= 15 is 0 Å². The molecule has 1 aromatic heterocycles. The number of para-hydroxylation sites is 1. The van der Waals surface area contributed by atoms with E-state index < -0.39 is 11.6 Å². The predicted octanol–water partition coefficient (Wildman–Crippen LogP) is 1.66. The molecule has 4 atom stereocenters. The first-order valence-corrected chi connectivity index (χ1v) is 11.2. The molecule has 160 valence electrons. The van der Waals surface area contributed by atoms with Crippen LogP contribution in [0, 0.1) is 5.92 Å². The van der Waals surface area contributed by atoms with E-state index in [0.717, 1.165) is 4.70 Å². The Bertz CT molecular complexity index is 1250. The van der Waals surface area contributed by atoms with E-state index in [1.54, 1.807) is 20.1 Å². The number of nitrogens with one attached hydrogen (secondary N) is 2. The number of carbonyl (C=O) groups is 2. The van der Waals surface area contributed by atoms with E-state index in [0.29, 0.717) is 39.1 Å². The van der Waals surface area contributed by atoms with E-state index in [2.05, 4.69) is 15.6 Å². The fourth-order valence-electron chi connectivity index (χ4n) is 5.37. The number of hydrogen-bond acceptors (Lipinski definition) is 9. The fourth-order valence-corrected chi connectivity index (χ4v) is 6.54. The maximum Gasteiger partial charge on any atom is 0.208 e. The number of benzene rings is 1. The van der Waals surface area contributed by atoms with Gasteiger partial charge in [0.2, 0.25) is 11.6 Å². The van der Waals surface area contributed by atoms with Crippen molar-refractivity contribution in [2.24, 2.45) is 5.92 Å². The molecule has 2 fully saturated rings. The first kappa shape index (κ1) is 19.4. The van der Waals surface area contributed by atoms with Crippen LogP contribution in [-0.2, 0) is 14.3 Å². The van der Waals surface area contributed by atoms with Crippen LogP contribution in [0.25, 0.3) is 10.2 Å². The Hall–Kier alpha value is -2.30. The summed E-state index contributed by atoms with van der Waals surface area (Å²) in [5.41, 5.74) is 0.901. The van der Waals surface area contributed by atoms with Crippen LogP contribution in [0.2, 0.25) is 5.02 Å². The Morgan fingerprint density at radius 2 is 2.23 bits per heavy atom. The molecule has 4 heterocycles. The van der Waals surface area contributed by atoms with Gasteiger partial charge in [-0.1, -0.05) is 29.0 Å². The molecule has 6 rings (SSSR count). The highest BCUT2D eigenvalue weighted by molar-refractivity contribution is 7.22. The van der Waals surface area contributed by atoms with E-state index in [-0.39, 0.29) is 36.0 Å². The van der Waals surface area contributed by atoms with Crippen LogP contribution in [0.15, 0.2) is 40.7 Å². The summed E-state index contributed by atoms with van der Waals surface area (Å²) in [5, 5.41) is 17.7. The van der Waals surface area contributed by atoms with Crippen molar-refractivity contribution in [2.45, 2.75) is 24.7 Å². The number of hydrogen-bond donors (Lipinski definition) is 3. The molecule has 0 bridgehead atoms. The Morgan fingerprint density at radius 3 is 2.94 bits per heavy atom. The number of halogens is 1. The summed E-state index contributed by atoms with van der Waals surface area (Å²) < 4.78 is 6.78. The molecule has 0 spiro atoms. The number of fused-ring (bicyclic) bond motifs is 5. The maximum atomic E-state index is 13.6. The molecule has 1 aliphatic carbocycles. The van der Waals surface area contributed by atoms with E-state index in [1.807, 2.05) is 17.0 Å². The highest BCUT2D eigenvalue weighted by Gasteiger charge is 2.72. The highest BCUT2D eigenvalue weighted by Crippen LogP contribution is 2.55. The number of rotatable bonds is 4. The second-order valence-electron chi connectivity index (χ2n) is 8.20. The van der Waals surface area contributed by atoms with Gasteiger partial charge in [-0.3, -0.25) is 9.59 Å². The van der Waals surface area contributed by atoms with Crippen molar-refractivity contribution in [3.63, 3.8) is 0 Å². The Morgan fingerprint density at radius 1 is 1.42 bits per heavy atom. The zero-order valence-corrected chi connectivity index (χ0v) is 18.3. The number of nitrogens with zero attached hydrogens (tertiary/aromatic N) is 2. The number of aliphatic hydroxyl groups excluding tert-OH is 1. The van der Waals surface area contributed by atoms with Gasteiger partial charge in [-0.15, -0.1) is 0 Å². The van der Waals surface area contributed by atoms with Crippen LogP contribution in [0.3, 0.4) is 0 Å². The number of aliphatic hydroxyl groups is 1. The molecule has 8 nitrogen and oxygen atoms in total. The second kappa shape index (κ2) is 6.36. The summed E-state index contributed by atoms with van der Waals surface area (Å²) in [5.74, 6) is -1.15. The summed E-state index contributed by atoms with van der Waals surface area (Å²) in [7, 11) is 1.57. The summed E-state index contributed by atoms with van der Waals surface area (Å²) in [6.45, 7) is 1.91.